The first-order chi connectivity index (χ1) is 9.10. The fraction of sp³-hybridized carbons (Fsp3) is 0.643. The highest BCUT2D eigenvalue weighted by Crippen LogP contribution is 2.38. The molecular weight excluding hydrogens is 242 g/mol. The highest BCUT2D eigenvalue weighted by atomic mass is 16.2. The van der Waals surface area contributed by atoms with Crippen molar-refractivity contribution >= 4 is 5.91 Å². The number of aromatic nitrogens is 2. The average Bonchev–Trinajstić information content (AvgIpc) is 2.47. The monoisotopic (exact) mass is 263 g/mol. The van der Waals surface area contributed by atoms with Gasteiger partial charge in [-0.2, -0.15) is 5.10 Å². The van der Waals surface area contributed by atoms with Crippen LogP contribution in [-0.4, -0.2) is 34.1 Å². The Kier molecular flexibility index (Phi) is 4.02. The molecule has 0 unspecified atom stereocenters. The summed E-state index contributed by atoms with van der Waals surface area (Å²) < 4.78 is 0. The van der Waals surface area contributed by atoms with Gasteiger partial charge in [0.05, 0.1) is 0 Å². The van der Waals surface area contributed by atoms with Gasteiger partial charge in [0.25, 0.3) is 11.5 Å². The van der Waals surface area contributed by atoms with Crippen LogP contribution in [0.2, 0.25) is 0 Å². The Morgan fingerprint density at radius 2 is 1.95 bits per heavy atom. The van der Waals surface area contributed by atoms with Crippen molar-refractivity contribution in [2.45, 2.75) is 39.5 Å². The minimum Gasteiger partial charge on any atom is -0.337 e. The van der Waals surface area contributed by atoms with Crippen molar-refractivity contribution in [3.8, 4) is 0 Å². The zero-order valence-corrected chi connectivity index (χ0v) is 11.6. The second-order valence-corrected chi connectivity index (χ2v) is 5.31. The van der Waals surface area contributed by atoms with E-state index < -0.39 is 0 Å². The molecule has 0 aromatic carbocycles. The first-order valence-corrected chi connectivity index (χ1v) is 6.95. The molecule has 0 radical (unpaired) electrons. The molecule has 1 aliphatic heterocycles. The molecule has 1 aliphatic rings. The average molecular weight is 263 g/mol. The van der Waals surface area contributed by atoms with E-state index in [0.717, 1.165) is 25.9 Å². The molecular formula is C14H21N3O2. The summed E-state index contributed by atoms with van der Waals surface area (Å²) in [6.45, 7) is 6.01. The number of rotatable bonds is 3. The van der Waals surface area contributed by atoms with Crippen molar-refractivity contribution in [2.75, 3.05) is 13.1 Å². The lowest BCUT2D eigenvalue weighted by Crippen LogP contribution is -2.43. The Bertz CT molecular complexity index is 475. The molecule has 0 aliphatic carbocycles. The maximum Gasteiger partial charge on any atom is 0.274 e. The van der Waals surface area contributed by atoms with Crippen LogP contribution in [0.4, 0.5) is 0 Å². The Balaban J connectivity index is 2.03. The first-order valence-electron chi connectivity index (χ1n) is 6.95. The highest BCUT2D eigenvalue weighted by Gasteiger charge is 2.33. The van der Waals surface area contributed by atoms with E-state index >= 15 is 0 Å². The van der Waals surface area contributed by atoms with E-state index in [1.807, 2.05) is 4.90 Å². The van der Waals surface area contributed by atoms with Gasteiger partial charge in [-0.3, -0.25) is 9.59 Å². The van der Waals surface area contributed by atoms with Gasteiger partial charge >= 0.3 is 0 Å². The Labute approximate surface area is 113 Å². The SMILES string of the molecule is CCC1(CC)CCN(C(=O)c2ccc(=O)[nH]n2)CC1. The van der Waals surface area contributed by atoms with E-state index in [4.69, 9.17) is 0 Å². The number of amides is 1. The molecule has 1 saturated heterocycles. The summed E-state index contributed by atoms with van der Waals surface area (Å²) in [5, 5.41) is 6.11. The third-order valence-corrected chi connectivity index (χ3v) is 4.51. The summed E-state index contributed by atoms with van der Waals surface area (Å²) in [4.78, 5) is 25.0. The molecule has 1 N–H and O–H groups in total. The lowest BCUT2D eigenvalue weighted by Gasteiger charge is -2.40. The summed E-state index contributed by atoms with van der Waals surface area (Å²) >= 11 is 0. The maximum atomic E-state index is 12.2. The van der Waals surface area contributed by atoms with Crippen LogP contribution in [0.5, 0.6) is 0 Å². The number of hydrogen-bond acceptors (Lipinski definition) is 3. The van der Waals surface area contributed by atoms with Crippen LogP contribution >= 0.6 is 0 Å². The minimum absolute atomic E-state index is 0.0861. The first kappa shape index (κ1) is 13.8. The van der Waals surface area contributed by atoms with Gasteiger partial charge < -0.3 is 4.90 Å². The van der Waals surface area contributed by atoms with Gasteiger partial charge in [0, 0.05) is 19.2 Å². The molecule has 1 fully saturated rings. The fourth-order valence-corrected chi connectivity index (χ4v) is 2.77. The van der Waals surface area contributed by atoms with Crippen molar-refractivity contribution in [1.29, 1.82) is 0 Å². The van der Waals surface area contributed by atoms with Crippen LogP contribution in [0.3, 0.4) is 0 Å². The fourth-order valence-electron chi connectivity index (χ4n) is 2.77. The van der Waals surface area contributed by atoms with Gasteiger partial charge in [-0.1, -0.05) is 26.7 Å². The zero-order chi connectivity index (χ0) is 13.9. The second kappa shape index (κ2) is 5.55. The van der Waals surface area contributed by atoms with Crippen LogP contribution in [0.25, 0.3) is 0 Å². The quantitative estimate of drug-likeness (QED) is 0.904. The smallest absolute Gasteiger partial charge is 0.274 e. The van der Waals surface area contributed by atoms with E-state index in [0.29, 0.717) is 11.1 Å². The van der Waals surface area contributed by atoms with Crippen molar-refractivity contribution < 1.29 is 4.79 Å². The van der Waals surface area contributed by atoms with E-state index in [1.165, 1.54) is 25.0 Å². The Hall–Kier alpha value is -1.65. The molecule has 0 saturated carbocycles. The molecule has 1 aromatic rings. The maximum absolute atomic E-state index is 12.2. The zero-order valence-electron chi connectivity index (χ0n) is 11.6. The number of H-pyrrole nitrogens is 1. The number of hydrogen-bond donors (Lipinski definition) is 1. The number of nitrogens with zero attached hydrogens (tertiary/aromatic N) is 2. The van der Waals surface area contributed by atoms with E-state index in [9.17, 15) is 9.59 Å². The lowest BCUT2D eigenvalue weighted by molar-refractivity contribution is 0.0551. The molecule has 5 heteroatoms. The molecule has 1 aromatic heterocycles. The van der Waals surface area contributed by atoms with Crippen molar-refractivity contribution in [3.63, 3.8) is 0 Å². The molecule has 0 bridgehead atoms. The van der Waals surface area contributed by atoms with Gasteiger partial charge in [-0.25, -0.2) is 5.10 Å². The predicted octanol–water partition coefficient (Wildman–Crippen LogP) is 1.81. The number of carbonyl (C=O) groups is 1. The third-order valence-electron chi connectivity index (χ3n) is 4.51. The van der Waals surface area contributed by atoms with Crippen LogP contribution in [0.15, 0.2) is 16.9 Å². The third kappa shape index (κ3) is 2.85. The summed E-state index contributed by atoms with van der Waals surface area (Å²) in [5.41, 5.74) is 0.432. The summed E-state index contributed by atoms with van der Waals surface area (Å²) in [6, 6.07) is 2.83. The molecule has 2 rings (SSSR count). The van der Waals surface area contributed by atoms with E-state index in [1.54, 1.807) is 0 Å². The Morgan fingerprint density at radius 1 is 1.32 bits per heavy atom. The lowest BCUT2D eigenvalue weighted by atomic mass is 9.74. The number of likely N-dealkylation sites (tertiary alicyclic amines) is 1. The van der Waals surface area contributed by atoms with Crippen LogP contribution in [-0.2, 0) is 0 Å². The minimum atomic E-state index is -0.286. The van der Waals surface area contributed by atoms with Crippen LogP contribution in [0.1, 0.15) is 50.0 Å². The van der Waals surface area contributed by atoms with Gasteiger partial charge in [-0.05, 0) is 24.3 Å². The van der Waals surface area contributed by atoms with Gasteiger partial charge in [0.2, 0.25) is 0 Å². The van der Waals surface area contributed by atoms with Gasteiger partial charge in [0.1, 0.15) is 5.69 Å². The van der Waals surface area contributed by atoms with Crippen molar-refractivity contribution in [1.82, 2.24) is 15.1 Å². The molecule has 19 heavy (non-hydrogen) atoms. The van der Waals surface area contributed by atoms with Crippen LogP contribution < -0.4 is 5.56 Å². The number of nitrogens with one attached hydrogen (secondary N) is 1. The molecule has 5 nitrogen and oxygen atoms in total. The molecule has 0 atom stereocenters. The number of piperidine rings is 1. The Morgan fingerprint density at radius 3 is 2.42 bits per heavy atom. The second-order valence-electron chi connectivity index (χ2n) is 5.31. The van der Waals surface area contributed by atoms with Crippen molar-refractivity contribution in [2.24, 2.45) is 5.41 Å². The number of aromatic amines is 1. The van der Waals surface area contributed by atoms with Crippen molar-refractivity contribution in [3.05, 3.63) is 28.2 Å². The molecule has 104 valence electrons. The summed E-state index contributed by atoms with van der Waals surface area (Å²) in [5.74, 6) is -0.0861. The van der Waals surface area contributed by atoms with E-state index in [-0.39, 0.29) is 11.5 Å². The van der Waals surface area contributed by atoms with Gasteiger partial charge in [-0.15, -0.1) is 0 Å². The molecule has 0 spiro atoms. The van der Waals surface area contributed by atoms with Crippen LogP contribution in [0, 0.1) is 5.41 Å². The summed E-state index contributed by atoms with van der Waals surface area (Å²) in [6.07, 6.45) is 4.44. The topological polar surface area (TPSA) is 66.1 Å². The molecule has 1 amide bonds. The standard InChI is InChI=1S/C14H21N3O2/c1-3-14(4-2)7-9-17(10-8-14)13(19)11-5-6-12(18)16-15-11/h5-6H,3-4,7-10H2,1-2H3,(H,16,18). The summed E-state index contributed by atoms with van der Waals surface area (Å²) in [7, 11) is 0. The largest absolute Gasteiger partial charge is 0.337 e. The van der Waals surface area contributed by atoms with Gasteiger partial charge in [0.15, 0.2) is 0 Å². The molecule has 2 heterocycles. The van der Waals surface area contributed by atoms with E-state index in [2.05, 4.69) is 24.0 Å². The normalized spacial score (nSPS) is 18.3. The predicted molar refractivity (Wildman–Crippen MR) is 73.0 cm³/mol. The highest BCUT2D eigenvalue weighted by molar-refractivity contribution is 5.92. The number of carbonyl (C=O) groups excluding carboxylic acids is 1.